The van der Waals surface area contributed by atoms with Crippen molar-refractivity contribution in [3.63, 3.8) is 0 Å². The van der Waals surface area contributed by atoms with Gasteiger partial charge in [0, 0.05) is 36.1 Å². The molecule has 2 aliphatic rings. The quantitative estimate of drug-likeness (QED) is 0.679. The third kappa shape index (κ3) is 3.23. The molecule has 7 nitrogen and oxygen atoms in total. The van der Waals surface area contributed by atoms with Crippen LogP contribution in [-0.2, 0) is 0 Å². The van der Waals surface area contributed by atoms with Gasteiger partial charge in [-0.2, -0.15) is 0 Å². The van der Waals surface area contributed by atoms with Crippen LogP contribution in [0, 0.1) is 0 Å². The number of nitrogens with two attached hydrogens (primary N) is 1. The summed E-state index contributed by atoms with van der Waals surface area (Å²) in [7, 11) is 0. The first kappa shape index (κ1) is 15.7. The molecule has 2 aromatic rings. The highest BCUT2D eigenvalue weighted by molar-refractivity contribution is 5.91. The van der Waals surface area contributed by atoms with Crippen molar-refractivity contribution in [3.05, 3.63) is 42.5 Å². The van der Waals surface area contributed by atoms with E-state index in [0.29, 0.717) is 29.7 Å². The fraction of sp³-hybridized carbons (Fsp3) is 0.333. The Morgan fingerprint density at radius 1 is 1.32 bits per heavy atom. The van der Waals surface area contributed by atoms with E-state index in [0.717, 1.165) is 37.2 Å². The van der Waals surface area contributed by atoms with Gasteiger partial charge in [-0.05, 0) is 37.6 Å². The average Bonchev–Trinajstić information content (AvgIpc) is 3.17. The number of aromatic hydroxyl groups is 1. The molecule has 0 amide bonds. The van der Waals surface area contributed by atoms with Gasteiger partial charge >= 0.3 is 0 Å². The lowest BCUT2D eigenvalue weighted by Crippen LogP contribution is -2.47. The number of phenols is 1. The molecule has 4 rings (SSSR count). The Morgan fingerprint density at radius 2 is 2.24 bits per heavy atom. The van der Waals surface area contributed by atoms with Crippen LogP contribution in [0.5, 0.6) is 5.75 Å². The van der Waals surface area contributed by atoms with Gasteiger partial charge in [0.1, 0.15) is 11.6 Å². The number of amidine groups is 1. The Hall–Kier alpha value is -2.80. The lowest BCUT2D eigenvalue weighted by molar-refractivity contribution is 0.252. The molecule has 2 aliphatic heterocycles. The zero-order valence-corrected chi connectivity index (χ0v) is 13.9. The van der Waals surface area contributed by atoms with Crippen LogP contribution in [-0.4, -0.2) is 51.5 Å². The molecule has 0 bridgehead atoms. The second-order valence-electron chi connectivity index (χ2n) is 6.48. The first-order valence-electron chi connectivity index (χ1n) is 8.54. The molecule has 0 aliphatic carbocycles. The minimum absolute atomic E-state index is 0.186. The standard InChI is InChI=1S/C18H22N6O/c19-18-10-24(13-2-1-5-20-7-13)9-16(23-18)14-6-12(3-4-17(14)25)15-8-21-11-22-15/h3-4,6,8-9,11,13,20,25H,1-2,5,7,10H2,(H2,19,23)(H,21,22). The highest BCUT2D eigenvalue weighted by atomic mass is 16.3. The number of nitrogens with zero attached hydrogens (tertiary/aromatic N) is 3. The van der Waals surface area contributed by atoms with Gasteiger partial charge in [0.2, 0.25) is 0 Å². The van der Waals surface area contributed by atoms with Gasteiger partial charge in [-0.25, -0.2) is 9.98 Å². The number of hydrogen-bond donors (Lipinski definition) is 4. The Morgan fingerprint density at radius 3 is 3.00 bits per heavy atom. The number of aromatic amines is 1. The minimum Gasteiger partial charge on any atom is -0.507 e. The molecule has 1 fully saturated rings. The summed E-state index contributed by atoms with van der Waals surface area (Å²) in [6.07, 6.45) is 7.75. The van der Waals surface area contributed by atoms with Crippen molar-refractivity contribution in [1.29, 1.82) is 0 Å². The molecule has 0 radical (unpaired) electrons. The third-order valence-corrected chi connectivity index (χ3v) is 4.70. The molecule has 1 atom stereocenters. The number of phenolic OH excluding ortho intramolecular Hbond substituents is 1. The predicted molar refractivity (Wildman–Crippen MR) is 97.9 cm³/mol. The number of hydrogen-bond acceptors (Lipinski definition) is 6. The van der Waals surface area contributed by atoms with E-state index in [1.807, 2.05) is 24.5 Å². The van der Waals surface area contributed by atoms with Crippen molar-refractivity contribution < 1.29 is 5.11 Å². The number of nitrogens with one attached hydrogen (secondary N) is 2. The van der Waals surface area contributed by atoms with Gasteiger partial charge in [-0.1, -0.05) is 0 Å². The van der Waals surface area contributed by atoms with E-state index < -0.39 is 0 Å². The minimum atomic E-state index is 0.186. The van der Waals surface area contributed by atoms with E-state index in [9.17, 15) is 5.11 Å². The molecule has 25 heavy (non-hydrogen) atoms. The number of H-pyrrole nitrogens is 1. The molecule has 1 unspecified atom stereocenters. The van der Waals surface area contributed by atoms with E-state index in [4.69, 9.17) is 5.73 Å². The van der Waals surface area contributed by atoms with Crippen molar-refractivity contribution in [3.8, 4) is 17.0 Å². The second-order valence-corrected chi connectivity index (χ2v) is 6.48. The fourth-order valence-electron chi connectivity index (χ4n) is 3.41. The predicted octanol–water partition coefficient (Wildman–Crippen LogP) is 1.51. The first-order chi connectivity index (χ1) is 12.2. The van der Waals surface area contributed by atoms with Gasteiger partial charge in [0.25, 0.3) is 0 Å². The van der Waals surface area contributed by atoms with Crippen LogP contribution in [0.3, 0.4) is 0 Å². The van der Waals surface area contributed by atoms with Crippen LogP contribution in [0.25, 0.3) is 17.0 Å². The van der Waals surface area contributed by atoms with E-state index in [-0.39, 0.29) is 5.75 Å². The topological polar surface area (TPSA) is 103 Å². The molecular weight excluding hydrogens is 316 g/mol. The van der Waals surface area contributed by atoms with Gasteiger partial charge < -0.3 is 26.0 Å². The van der Waals surface area contributed by atoms with E-state index in [1.54, 1.807) is 12.4 Å². The molecular formula is C18H22N6O. The van der Waals surface area contributed by atoms with Crippen molar-refractivity contribution in [2.24, 2.45) is 10.7 Å². The van der Waals surface area contributed by atoms with Crippen molar-refractivity contribution in [2.45, 2.75) is 18.9 Å². The maximum Gasteiger partial charge on any atom is 0.125 e. The molecule has 3 heterocycles. The van der Waals surface area contributed by atoms with Crippen LogP contribution in [0.15, 0.2) is 41.9 Å². The summed E-state index contributed by atoms with van der Waals surface area (Å²) in [5, 5.41) is 13.8. The summed E-state index contributed by atoms with van der Waals surface area (Å²) >= 11 is 0. The summed E-state index contributed by atoms with van der Waals surface area (Å²) in [4.78, 5) is 13.9. The molecule has 0 spiro atoms. The number of rotatable bonds is 3. The van der Waals surface area contributed by atoms with Gasteiger partial charge in [-0.15, -0.1) is 0 Å². The van der Waals surface area contributed by atoms with E-state index in [1.165, 1.54) is 0 Å². The molecule has 1 aromatic heterocycles. The summed E-state index contributed by atoms with van der Waals surface area (Å²) in [5.41, 5.74) is 9.18. The van der Waals surface area contributed by atoms with Gasteiger partial charge in [0.15, 0.2) is 0 Å². The summed E-state index contributed by atoms with van der Waals surface area (Å²) in [6.45, 7) is 2.63. The zero-order chi connectivity index (χ0) is 17.2. The first-order valence-corrected chi connectivity index (χ1v) is 8.54. The zero-order valence-electron chi connectivity index (χ0n) is 13.9. The lowest BCUT2D eigenvalue weighted by atomic mass is 10.0. The summed E-state index contributed by atoms with van der Waals surface area (Å²) < 4.78 is 0. The van der Waals surface area contributed by atoms with Crippen molar-refractivity contribution >= 4 is 11.5 Å². The third-order valence-electron chi connectivity index (χ3n) is 4.70. The molecule has 1 aromatic carbocycles. The summed E-state index contributed by atoms with van der Waals surface area (Å²) in [5.74, 6) is 0.748. The highest BCUT2D eigenvalue weighted by Gasteiger charge is 2.23. The fourth-order valence-corrected chi connectivity index (χ4v) is 3.41. The largest absolute Gasteiger partial charge is 0.507 e. The Labute approximate surface area is 146 Å². The SMILES string of the molecule is NC1=NC(c2cc(-c3c[nH]cn3)ccc2O)=CN(C2CCCNC2)C1. The number of aromatic nitrogens is 2. The maximum atomic E-state index is 10.4. The second kappa shape index (κ2) is 6.60. The smallest absolute Gasteiger partial charge is 0.125 e. The molecule has 5 N–H and O–H groups in total. The number of imidazole rings is 1. The van der Waals surface area contributed by atoms with Gasteiger partial charge in [-0.3, -0.25) is 0 Å². The normalized spacial score (nSPS) is 21.0. The summed E-state index contributed by atoms with van der Waals surface area (Å²) in [6, 6.07) is 5.81. The monoisotopic (exact) mass is 338 g/mol. The van der Waals surface area contributed by atoms with Crippen LogP contribution >= 0.6 is 0 Å². The van der Waals surface area contributed by atoms with Crippen LogP contribution in [0.4, 0.5) is 0 Å². The molecule has 1 saturated heterocycles. The Balaban J connectivity index is 1.69. The molecule has 130 valence electrons. The van der Waals surface area contributed by atoms with Crippen LogP contribution in [0.1, 0.15) is 18.4 Å². The lowest BCUT2D eigenvalue weighted by Gasteiger charge is -2.35. The highest BCUT2D eigenvalue weighted by Crippen LogP contribution is 2.32. The van der Waals surface area contributed by atoms with Gasteiger partial charge in [0.05, 0.1) is 24.3 Å². The van der Waals surface area contributed by atoms with Crippen LogP contribution in [0.2, 0.25) is 0 Å². The van der Waals surface area contributed by atoms with E-state index in [2.05, 4.69) is 25.2 Å². The molecule has 0 saturated carbocycles. The van der Waals surface area contributed by atoms with Crippen LogP contribution < -0.4 is 11.1 Å². The Kier molecular flexibility index (Phi) is 4.15. The van der Waals surface area contributed by atoms with Crippen molar-refractivity contribution in [2.75, 3.05) is 19.6 Å². The number of piperidine rings is 1. The number of aliphatic imine (C=N–C) groups is 1. The maximum absolute atomic E-state index is 10.4. The number of benzene rings is 1. The average molecular weight is 338 g/mol. The molecule has 7 heteroatoms. The Bertz CT molecular complexity index is 805. The van der Waals surface area contributed by atoms with E-state index >= 15 is 0 Å². The van der Waals surface area contributed by atoms with Crippen molar-refractivity contribution in [1.82, 2.24) is 20.2 Å².